The average molecular weight is 344 g/mol. The van der Waals surface area contributed by atoms with Crippen LogP contribution in [0.25, 0.3) is 0 Å². The van der Waals surface area contributed by atoms with Crippen LogP contribution >= 0.6 is 11.8 Å². The number of rotatable bonds is 7. The zero-order chi connectivity index (χ0) is 17.4. The number of nitrogens with zero attached hydrogens (tertiary/aromatic N) is 2. The topological polar surface area (TPSA) is 53.3 Å². The van der Waals surface area contributed by atoms with Gasteiger partial charge in [-0.2, -0.15) is 5.26 Å². The van der Waals surface area contributed by atoms with Gasteiger partial charge in [0.1, 0.15) is 11.6 Å². The molecule has 0 bridgehead atoms. The molecule has 2 rings (SSSR count). The van der Waals surface area contributed by atoms with Crippen LogP contribution in [0.1, 0.15) is 6.42 Å². The lowest BCUT2D eigenvalue weighted by atomic mass is 10.2. The number of anilines is 1. The largest absolute Gasteiger partial charge is 0.497 e. The van der Waals surface area contributed by atoms with Crippen LogP contribution in [0, 0.1) is 17.1 Å². The maximum absolute atomic E-state index is 14.0. The van der Waals surface area contributed by atoms with E-state index >= 15 is 0 Å². The van der Waals surface area contributed by atoms with Crippen molar-refractivity contribution in [1.82, 2.24) is 0 Å². The molecule has 2 aromatic rings. The molecule has 0 saturated heterocycles. The molecule has 124 valence electrons. The number of carbonyl (C=O) groups excluding carboxylic acids is 1. The van der Waals surface area contributed by atoms with E-state index in [1.807, 2.05) is 30.3 Å². The van der Waals surface area contributed by atoms with Crippen LogP contribution in [-0.4, -0.2) is 25.3 Å². The van der Waals surface area contributed by atoms with Crippen molar-refractivity contribution in [3.8, 4) is 11.8 Å². The maximum atomic E-state index is 14.0. The van der Waals surface area contributed by atoms with Gasteiger partial charge < -0.3 is 9.64 Å². The number of methoxy groups -OCH3 is 1. The minimum Gasteiger partial charge on any atom is -0.497 e. The van der Waals surface area contributed by atoms with Crippen LogP contribution in [0.2, 0.25) is 0 Å². The molecule has 0 N–H and O–H groups in total. The van der Waals surface area contributed by atoms with Gasteiger partial charge in [-0.15, -0.1) is 11.8 Å². The predicted octanol–water partition coefficient (Wildman–Crippen LogP) is 3.87. The first-order valence-corrected chi connectivity index (χ1v) is 8.33. The van der Waals surface area contributed by atoms with E-state index in [-0.39, 0.29) is 30.3 Å². The standard InChI is InChI=1S/C18H17FN2O2S/c1-23-14-7-9-15(10-8-14)24-13-18(22)21(12-4-11-20)17-6-3-2-5-16(17)19/h2-3,5-10H,4,12-13H2,1H3. The van der Waals surface area contributed by atoms with Gasteiger partial charge in [0.15, 0.2) is 0 Å². The Kier molecular flexibility index (Phi) is 6.64. The minimum absolute atomic E-state index is 0.146. The molecule has 6 heteroatoms. The van der Waals surface area contributed by atoms with Gasteiger partial charge in [0.25, 0.3) is 0 Å². The van der Waals surface area contributed by atoms with E-state index in [1.165, 1.54) is 22.7 Å². The molecule has 0 fully saturated rings. The third-order valence-corrected chi connectivity index (χ3v) is 4.31. The van der Waals surface area contributed by atoms with Gasteiger partial charge >= 0.3 is 0 Å². The van der Waals surface area contributed by atoms with E-state index < -0.39 is 5.82 Å². The summed E-state index contributed by atoms with van der Waals surface area (Å²) < 4.78 is 19.1. The Hall–Kier alpha value is -2.52. The van der Waals surface area contributed by atoms with Crippen LogP contribution < -0.4 is 9.64 Å². The third kappa shape index (κ3) is 4.74. The van der Waals surface area contributed by atoms with Crippen LogP contribution in [0.4, 0.5) is 10.1 Å². The molecule has 4 nitrogen and oxygen atoms in total. The molecular formula is C18H17FN2O2S. The van der Waals surface area contributed by atoms with Crippen molar-refractivity contribution in [1.29, 1.82) is 5.26 Å². The molecule has 0 aliphatic rings. The van der Waals surface area contributed by atoms with Crippen molar-refractivity contribution in [2.45, 2.75) is 11.3 Å². The highest BCUT2D eigenvalue weighted by atomic mass is 32.2. The van der Waals surface area contributed by atoms with Gasteiger partial charge in [-0.3, -0.25) is 4.79 Å². The number of hydrogen-bond donors (Lipinski definition) is 0. The molecule has 0 spiro atoms. The van der Waals surface area contributed by atoms with Gasteiger partial charge in [-0.1, -0.05) is 12.1 Å². The number of amides is 1. The lowest BCUT2D eigenvalue weighted by Crippen LogP contribution is -2.34. The van der Waals surface area contributed by atoms with Crippen molar-refractivity contribution in [3.63, 3.8) is 0 Å². The quantitative estimate of drug-likeness (QED) is 0.716. The summed E-state index contributed by atoms with van der Waals surface area (Å²) in [6.45, 7) is 0.166. The second kappa shape index (κ2) is 8.94. The van der Waals surface area contributed by atoms with Crippen molar-refractivity contribution < 1.29 is 13.9 Å². The summed E-state index contributed by atoms with van der Waals surface area (Å²) in [4.78, 5) is 14.7. The van der Waals surface area contributed by atoms with Crippen molar-refractivity contribution >= 4 is 23.4 Å². The van der Waals surface area contributed by atoms with Gasteiger partial charge in [0.2, 0.25) is 5.91 Å². The van der Waals surface area contributed by atoms with E-state index in [0.717, 1.165) is 10.6 Å². The highest BCUT2D eigenvalue weighted by Crippen LogP contribution is 2.24. The number of thioether (sulfide) groups is 1. The fourth-order valence-electron chi connectivity index (χ4n) is 2.11. The smallest absolute Gasteiger partial charge is 0.237 e. The van der Waals surface area contributed by atoms with Gasteiger partial charge in [-0.25, -0.2) is 4.39 Å². The molecule has 0 aromatic heterocycles. The summed E-state index contributed by atoms with van der Waals surface area (Å²) in [5, 5.41) is 8.77. The van der Waals surface area contributed by atoms with E-state index in [2.05, 4.69) is 0 Å². The number of carbonyl (C=O) groups is 1. The molecule has 0 saturated carbocycles. The Bertz CT molecular complexity index is 729. The van der Waals surface area contributed by atoms with Crippen molar-refractivity contribution in [2.24, 2.45) is 0 Å². The Labute approximate surface area is 144 Å². The summed E-state index contributed by atoms with van der Waals surface area (Å²) >= 11 is 1.36. The van der Waals surface area contributed by atoms with Gasteiger partial charge in [-0.05, 0) is 36.4 Å². The Morgan fingerprint density at radius 3 is 2.58 bits per heavy atom. The normalized spacial score (nSPS) is 10.0. The van der Waals surface area contributed by atoms with Crippen LogP contribution in [0.3, 0.4) is 0 Å². The summed E-state index contributed by atoms with van der Waals surface area (Å²) in [7, 11) is 1.59. The van der Waals surface area contributed by atoms with Crippen molar-refractivity contribution in [2.75, 3.05) is 24.3 Å². The molecular weight excluding hydrogens is 327 g/mol. The van der Waals surface area contributed by atoms with Gasteiger partial charge in [0, 0.05) is 11.4 Å². The Balaban J connectivity index is 2.07. The number of halogens is 1. The summed E-state index contributed by atoms with van der Waals surface area (Å²) in [5.74, 6) is 0.189. The Morgan fingerprint density at radius 1 is 1.25 bits per heavy atom. The fourth-order valence-corrected chi connectivity index (χ4v) is 2.88. The van der Waals surface area contributed by atoms with E-state index in [1.54, 1.807) is 25.3 Å². The number of hydrogen-bond acceptors (Lipinski definition) is 4. The monoisotopic (exact) mass is 344 g/mol. The summed E-state index contributed by atoms with van der Waals surface area (Å²) in [6.07, 6.45) is 0.146. The SMILES string of the molecule is COc1ccc(SCC(=O)N(CCC#N)c2ccccc2F)cc1. The highest BCUT2D eigenvalue weighted by molar-refractivity contribution is 8.00. The molecule has 0 aliphatic heterocycles. The zero-order valence-electron chi connectivity index (χ0n) is 13.2. The van der Waals surface area contributed by atoms with E-state index in [9.17, 15) is 9.18 Å². The van der Waals surface area contributed by atoms with Crippen LogP contribution in [0.15, 0.2) is 53.4 Å². The second-order valence-electron chi connectivity index (χ2n) is 4.87. The molecule has 0 aliphatic carbocycles. The fraction of sp³-hybridized carbons (Fsp3) is 0.222. The molecule has 0 radical (unpaired) electrons. The first-order valence-electron chi connectivity index (χ1n) is 7.34. The van der Waals surface area contributed by atoms with Crippen LogP contribution in [0.5, 0.6) is 5.75 Å². The lowest BCUT2D eigenvalue weighted by Gasteiger charge is -2.22. The summed E-state index contributed by atoms with van der Waals surface area (Å²) in [6, 6.07) is 15.4. The maximum Gasteiger partial charge on any atom is 0.237 e. The number of ether oxygens (including phenoxy) is 1. The summed E-state index contributed by atoms with van der Waals surface area (Å²) in [5.41, 5.74) is 0.202. The molecule has 2 aromatic carbocycles. The molecule has 24 heavy (non-hydrogen) atoms. The van der Waals surface area contributed by atoms with E-state index in [4.69, 9.17) is 10.00 Å². The first-order chi connectivity index (χ1) is 11.7. The van der Waals surface area contributed by atoms with Crippen LogP contribution in [-0.2, 0) is 4.79 Å². The van der Waals surface area contributed by atoms with E-state index in [0.29, 0.717) is 0 Å². The number of nitriles is 1. The lowest BCUT2D eigenvalue weighted by molar-refractivity contribution is -0.116. The average Bonchev–Trinajstić information content (AvgIpc) is 2.62. The highest BCUT2D eigenvalue weighted by Gasteiger charge is 2.18. The zero-order valence-corrected chi connectivity index (χ0v) is 14.1. The third-order valence-electron chi connectivity index (χ3n) is 3.31. The van der Waals surface area contributed by atoms with Gasteiger partial charge in [0.05, 0.1) is 31.0 Å². The number of para-hydroxylation sites is 1. The number of benzene rings is 2. The molecule has 0 heterocycles. The first kappa shape index (κ1) is 17.8. The molecule has 0 atom stereocenters. The minimum atomic E-state index is -0.474. The molecule has 0 unspecified atom stereocenters. The Morgan fingerprint density at radius 2 is 1.96 bits per heavy atom. The molecule has 1 amide bonds. The van der Waals surface area contributed by atoms with Crippen molar-refractivity contribution in [3.05, 3.63) is 54.3 Å². The second-order valence-corrected chi connectivity index (χ2v) is 5.92. The predicted molar refractivity (Wildman–Crippen MR) is 92.7 cm³/mol.